The topological polar surface area (TPSA) is 66.5 Å². The Bertz CT molecular complexity index is 749. The average molecular weight is 407 g/mol. The molecule has 3 rings (SSSR count). The Morgan fingerprint density at radius 2 is 1.71 bits per heavy atom. The molecule has 1 amide bonds. The first-order chi connectivity index (χ1) is 13.5. The summed E-state index contributed by atoms with van der Waals surface area (Å²) in [6.07, 6.45) is 9.50. The van der Waals surface area contributed by atoms with E-state index in [0.717, 1.165) is 31.4 Å². The minimum absolute atomic E-state index is 0.153. The van der Waals surface area contributed by atoms with Crippen LogP contribution in [0.4, 0.5) is 0 Å². The molecule has 1 heterocycles. The van der Waals surface area contributed by atoms with Crippen molar-refractivity contribution in [3.05, 3.63) is 29.8 Å². The average Bonchev–Trinajstić information content (AvgIpc) is 2.72. The molecule has 2 aliphatic rings. The van der Waals surface area contributed by atoms with E-state index in [-0.39, 0.29) is 5.91 Å². The Morgan fingerprint density at radius 1 is 1.04 bits per heavy atom. The highest BCUT2D eigenvalue weighted by Gasteiger charge is 2.30. The zero-order valence-corrected chi connectivity index (χ0v) is 17.8. The molecule has 1 saturated heterocycles. The molecule has 1 aliphatic heterocycles. The van der Waals surface area contributed by atoms with E-state index in [9.17, 15) is 13.2 Å². The molecule has 0 atom stereocenters. The minimum atomic E-state index is -3.41. The molecular formula is C22H34N2O3S. The first-order valence-electron chi connectivity index (χ1n) is 10.8. The molecule has 1 aromatic carbocycles. The van der Waals surface area contributed by atoms with Crippen LogP contribution in [0.2, 0.25) is 0 Å². The lowest BCUT2D eigenvalue weighted by atomic mass is 9.89. The number of carbonyl (C=O) groups excluding carboxylic acids is 1. The van der Waals surface area contributed by atoms with Gasteiger partial charge in [-0.1, -0.05) is 37.5 Å². The lowest BCUT2D eigenvalue weighted by molar-refractivity contribution is -0.121. The van der Waals surface area contributed by atoms with Gasteiger partial charge in [-0.2, -0.15) is 4.31 Å². The third-order valence-electron chi connectivity index (χ3n) is 6.38. The Balaban J connectivity index is 1.40. The van der Waals surface area contributed by atoms with Gasteiger partial charge in [-0.05, 0) is 62.5 Å². The van der Waals surface area contributed by atoms with Gasteiger partial charge in [0.25, 0.3) is 0 Å². The molecule has 0 radical (unpaired) electrons. The molecular weight excluding hydrogens is 372 g/mol. The summed E-state index contributed by atoms with van der Waals surface area (Å²) in [4.78, 5) is 12.6. The van der Waals surface area contributed by atoms with E-state index in [2.05, 4.69) is 5.32 Å². The van der Waals surface area contributed by atoms with E-state index < -0.39 is 10.0 Å². The number of carbonyl (C=O) groups is 1. The number of hydrogen-bond acceptors (Lipinski definition) is 3. The smallest absolute Gasteiger partial charge is 0.243 e. The van der Waals surface area contributed by atoms with E-state index in [1.807, 2.05) is 19.1 Å². The van der Waals surface area contributed by atoms with E-state index in [1.54, 1.807) is 16.4 Å². The van der Waals surface area contributed by atoms with Crippen LogP contribution in [0.15, 0.2) is 29.2 Å². The molecule has 0 aromatic heterocycles. The van der Waals surface area contributed by atoms with Gasteiger partial charge in [-0.25, -0.2) is 8.42 Å². The molecule has 1 N–H and O–H groups in total. The third kappa shape index (κ3) is 5.57. The number of aryl methyl sites for hydroxylation is 1. The van der Waals surface area contributed by atoms with Crippen LogP contribution >= 0.6 is 0 Å². The number of nitrogens with zero attached hydrogens (tertiary/aromatic N) is 1. The summed E-state index contributed by atoms with van der Waals surface area (Å²) in [7, 11) is -3.41. The third-order valence-corrected chi connectivity index (χ3v) is 8.44. The van der Waals surface area contributed by atoms with Gasteiger partial charge in [-0.15, -0.1) is 0 Å². The van der Waals surface area contributed by atoms with Gasteiger partial charge in [0.05, 0.1) is 4.90 Å². The largest absolute Gasteiger partial charge is 0.356 e. The number of piperidine rings is 1. The van der Waals surface area contributed by atoms with Gasteiger partial charge in [0.1, 0.15) is 0 Å². The predicted octanol–water partition coefficient (Wildman–Crippen LogP) is 3.87. The monoisotopic (exact) mass is 406 g/mol. The fourth-order valence-corrected chi connectivity index (χ4v) is 6.19. The number of nitrogens with one attached hydrogen (secondary N) is 1. The van der Waals surface area contributed by atoms with E-state index >= 15 is 0 Å². The molecule has 1 aromatic rings. The molecule has 0 unspecified atom stereocenters. The van der Waals surface area contributed by atoms with Gasteiger partial charge in [0.15, 0.2) is 0 Å². The van der Waals surface area contributed by atoms with Crippen LogP contribution in [0.25, 0.3) is 0 Å². The van der Waals surface area contributed by atoms with Crippen molar-refractivity contribution in [2.24, 2.45) is 11.8 Å². The maximum absolute atomic E-state index is 12.9. The van der Waals surface area contributed by atoms with Crippen molar-refractivity contribution in [1.82, 2.24) is 9.62 Å². The van der Waals surface area contributed by atoms with Gasteiger partial charge in [0, 0.05) is 26.1 Å². The van der Waals surface area contributed by atoms with Gasteiger partial charge in [-0.3, -0.25) is 4.79 Å². The molecule has 2 fully saturated rings. The highest BCUT2D eigenvalue weighted by atomic mass is 32.2. The van der Waals surface area contributed by atoms with Crippen molar-refractivity contribution < 1.29 is 13.2 Å². The second kappa shape index (κ2) is 9.88. The van der Waals surface area contributed by atoms with Crippen LogP contribution < -0.4 is 5.32 Å². The Kier molecular flexibility index (Phi) is 7.52. The molecule has 28 heavy (non-hydrogen) atoms. The fraction of sp³-hybridized carbons (Fsp3) is 0.682. The molecule has 0 spiro atoms. The Labute approximate surface area is 169 Å². The predicted molar refractivity (Wildman–Crippen MR) is 111 cm³/mol. The van der Waals surface area contributed by atoms with Crippen LogP contribution in [0.3, 0.4) is 0 Å². The lowest BCUT2D eigenvalue weighted by Gasteiger charge is -2.31. The Hall–Kier alpha value is -1.40. The zero-order valence-electron chi connectivity index (χ0n) is 17.0. The number of amides is 1. The molecule has 5 nitrogen and oxygen atoms in total. The summed E-state index contributed by atoms with van der Waals surface area (Å²) in [6, 6.07) is 7.16. The quantitative estimate of drug-likeness (QED) is 0.747. The van der Waals surface area contributed by atoms with Crippen LogP contribution in [0.1, 0.15) is 63.4 Å². The summed E-state index contributed by atoms with van der Waals surface area (Å²) in [5, 5.41) is 3.11. The van der Waals surface area contributed by atoms with Crippen molar-refractivity contribution in [3.8, 4) is 0 Å². The number of hydrogen-bond donors (Lipinski definition) is 1. The second-order valence-corrected chi connectivity index (χ2v) is 10.4. The van der Waals surface area contributed by atoms with Crippen molar-refractivity contribution in [2.45, 2.75) is 69.6 Å². The van der Waals surface area contributed by atoms with Crippen LogP contribution in [0, 0.1) is 18.8 Å². The minimum Gasteiger partial charge on any atom is -0.356 e. The van der Waals surface area contributed by atoms with Gasteiger partial charge < -0.3 is 5.32 Å². The van der Waals surface area contributed by atoms with Gasteiger partial charge in [0.2, 0.25) is 15.9 Å². The van der Waals surface area contributed by atoms with Crippen LogP contribution in [-0.4, -0.2) is 38.3 Å². The van der Waals surface area contributed by atoms with Crippen molar-refractivity contribution in [1.29, 1.82) is 0 Å². The standard InChI is InChI=1S/C22H34N2O3S/c1-18-7-5-6-10-21(18)28(26,27)24-15-13-19(14-16-24)11-12-22(25)23-17-20-8-3-2-4-9-20/h5-7,10,19-20H,2-4,8-9,11-17H2,1H3,(H,23,25). The maximum atomic E-state index is 12.9. The molecule has 1 aliphatic carbocycles. The van der Waals surface area contributed by atoms with Gasteiger partial charge >= 0.3 is 0 Å². The van der Waals surface area contributed by atoms with E-state index in [1.165, 1.54) is 32.1 Å². The zero-order chi connectivity index (χ0) is 20.0. The van der Waals surface area contributed by atoms with E-state index in [0.29, 0.717) is 36.2 Å². The van der Waals surface area contributed by atoms with Crippen molar-refractivity contribution >= 4 is 15.9 Å². The SMILES string of the molecule is Cc1ccccc1S(=O)(=O)N1CCC(CCC(=O)NCC2CCCCC2)CC1. The van der Waals surface area contributed by atoms with Crippen LogP contribution in [-0.2, 0) is 14.8 Å². The Morgan fingerprint density at radius 3 is 2.39 bits per heavy atom. The first-order valence-corrected chi connectivity index (χ1v) is 12.2. The lowest BCUT2D eigenvalue weighted by Crippen LogP contribution is -2.39. The normalized spacial score (nSPS) is 20.2. The summed E-state index contributed by atoms with van der Waals surface area (Å²) in [6.45, 7) is 3.76. The fourth-order valence-electron chi connectivity index (χ4n) is 4.50. The highest BCUT2D eigenvalue weighted by molar-refractivity contribution is 7.89. The molecule has 1 saturated carbocycles. The van der Waals surface area contributed by atoms with E-state index in [4.69, 9.17) is 0 Å². The molecule has 156 valence electrons. The summed E-state index contributed by atoms with van der Waals surface area (Å²) < 4.78 is 27.4. The number of benzene rings is 1. The number of rotatable bonds is 7. The summed E-state index contributed by atoms with van der Waals surface area (Å²) in [5.41, 5.74) is 0.791. The molecule has 6 heteroatoms. The second-order valence-electron chi connectivity index (χ2n) is 8.46. The molecule has 0 bridgehead atoms. The number of sulfonamides is 1. The summed E-state index contributed by atoms with van der Waals surface area (Å²) >= 11 is 0. The summed E-state index contributed by atoms with van der Waals surface area (Å²) in [5.74, 6) is 1.25. The van der Waals surface area contributed by atoms with Crippen molar-refractivity contribution in [3.63, 3.8) is 0 Å². The maximum Gasteiger partial charge on any atom is 0.243 e. The highest BCUT2D eigenvalue weighted by Crippen LogP contribution is 2.28. The first kappa shape index (κ1) is 21.3. The van der Waals surface area contributed by atoms with Crippen LogP contribution in [0.5, 0.6) is 0 Å². The van der Waals surface area contributed by atoms with Crippen molar-refractivity contribution in [2.75, 3.05) is 19.6 Å².